The number of nitrogens with zero attached hydrogens (tertiary/aromatic N) is 3. The van der Waals surface area contributed by atoms with Crippen molar-refractivity contribution in [3.05, 3.63) is 54.1 Å². The first kappa shape index (κ1) is 12.3. The summed E-state index contributed by atoms with van der Waals surface area (Å²) in [7, 11) is 0. The van der Waals surface area contributed by atoms with Crippen molar-refractivity contribution in [2.45, 2.75) is 13.3 Å². The quantitative estimate of drug-likeness (QED) is 0.792. The van der Waals surface area contributed by atoms with E-state index in [0.717, 1.165) is 16.7 Å². The maximum Gasteiger partial charge on any atom is 0.339 e. The van der Waals surface area contributed by atoms with Crippen LogP contribution >= 0.6 is 0 Å². The fourth-order valence-electron chi connectivity index (χ4n) is 2.24. The van der Waals surface area contributed by atoms with E-state index < -0.39 is 5.97 Å². The Hall–Kier alpha value is -2.69. The Morgan fingerprint density at radius 1 is 1.35 bits per heavy atom. The summed E-state index contributed by atoms with van der Waals surface area (Å²) in [6.07, 6.45) is 4.10. The molecule has 1 aromatic carbocycles. The number of imidazole rings is 1. The molecule has 0 spiro atoms. The van der Waals surface area contributed by atoms with Gasteiger partial charge in [-0.1, -0.05) is 25.1 Å². The smallest absolute Gasteiger partial charge is 0.339 e. The second-order valence-corrected chi connectivity index (χ2v) is 4.42. The maximum absolute atomic E-state index is 11.5. The lowest BCUT2D eigenvalue weighted by Gasteiger charge is -2.10. The van der Waals surface area contributed by atoms with Gasteiger partial charge in [-0.2, -0.15) is 0 Å². The van der Waals surface area contributed by atoms with Gasteiger partial charge in [0.2, 0.25) is 0 Å². The zero-order valence-electron chi connectivity index (χ0n) is 10.9. The molecule has 3 rings (SSSR count). The predicted octanol–water partition coefficient (Wildman–Crippen LogP) is 2.68. The van der Waals surface area contributed by atoms with Gasteiger partial charge in [0.25, 0.3) is 0 Å². The van der Waals surface area contributed by atoms with Gasteiger partial charge in [0.1, 0.15) is 11.4 Å². The highest BCUT2D eigenvalue weighted by molar-refractivity contribution is 5.96. The molecule has 100 valence electrons. The number of hydrogen-bond donors (Lipinski definition) is 1. The van der Waals surface area contributed by atoms with Crippen molar-refractivity contribution in [3.8, 4) is 5.82 Å². The molecule has 0 saturated carbocycles. The third kappa shape index (κ3) is 1.93. The number of pyridine rings is 1. The molecule has 2 heterocycles. The van der Waals surface area contributed by atoms with E-state index in [2.05, 4.69) is 9.97 Å². The van der Waals surface area contributed by atoms with Crippen LogP contribution in [0.5, 0.6) is 0 Å². The molecule has 5 heteroatoms. The molecule has 20 heavy (non-hydrogen) atoms. The number of carboxylic acids is 1. The van der Waals surface area contributed by atoms with Crippen molar-refractivity contribution >= 4 is 16.9 Å². The molecule has 0 aliphatic heterocycles. The number of rotatable bonds is 3. The Kier molecular flexibility index (Phi) is 2.95. The van der Waals surface area contributed by atoms with Gasteiger partial charge in [0, 0.05) is 24.2 Å². The number of carbonyl (C=O) groups is 1. The van der Waals surface area contributed by atoms with E-state index in [1.54, 1.807) is 23.0 Å². The summed E-state index contributed by atoms with van der Waals surface area (Å²) >= 11 is 0. The van der Waals surface area contributed by atoms with Gasteiger partial charge in [-0.05, 0) is 12.1 Å². The van der Waals surface area contributed by atoms with Gasteiger partial charge in [-0.25, -0.2) is 14.8 Å². The standard InChI is InChI=1S/C15H13N3O2/c1-2-13-16-7-8-18(13)14-11(15(19)20)9-10-5-3-4-6-12(10)17-14/h3-9H,2H2,1H3,(H,19,20). The zero-order chi connectivity index (χ0) is 14.1. The Morgan fingerprint density at radius 3 is 2.90 bits per heavy atom. The molecular formula is C15H13N3O2. The number of hydrogen-bond acceptors (Lipinski definition) is 3. The van der Waals surface area contributed by atoms with Crippen LogP contribution in [0.1, 0.15) is 23.1 Å². The lowest BCUT2D eigenvalue weighted by molar-refractivity contribution is 0.0696. The molecule has 0 unspecified atom stereocenters. The fourth-order valence-corrected chi connectivity index (χ4v) is 2.24. The number of aromatic nitrogens is 3. The van der Waals surface area contributed by atoms with Crippen LogP contribution < -0.4 is 0 Å². The molecule has 3 aromatic rings. The van der Waals surface area contributed by atoms with Crippen LogP contribution in [0.4, 0.5) is 0 Å². The minimum absolute atomic E-state index is 0.177. The van der Waals surface area contributed by atoms with E-state index in [0.29, 0.717) is 12.2 Å². The van der Waals surface area contributed by atoms with E-state index in [1.165, 1.54) is 0 Å². The van der Waals surface area contributed by atoms with Gasteiger partial charge >= 0.3 is 5.97 Å². The first-order valence-electron chi connectivity index (χ1n) is 6.36. The van der Waals surface area contributed by atoms with Crippen molar-refractivity contribution in [1.29, 1.82) is 0 Å². The van der Waals surface area contributed by atoms with Gasteiger partial charge in [0.15, 0.2) is 5.82 Å². The molecule has 0 aliphatic rings. The Balaban J connectivity index is 2.33. The summed E-state index contributed by atoms with van der Waals surface area (Å²) in [5.41, 5.74) is 0.944. The SMILES string of the molecule is CCc1nccn1-c1nc2ccccc2cc1C(=O)O. The molecule has 1 N–H and O–H groups in total. The topological polar surface area (TPSA) is 68.0 Å². The number of carboxylic acid groups (broad SMARTS) is 1. The highest BCUT2D eigenvalue weighted by Crippen LogP contribution is 2.21. The van der Waals surface area contributed by atoms with Crippen molar-refractivity contribution in [1.82, 2.24) is 14.5 Å². The van der Waals surface area contributed by atoms with Crippen molar-refractivity contribution in [3.63, 3.8) is 0 Å². The van der Waals surface area contributed by atoms with E-state index in [4.69, 9.17) is 0 Å². The van der Waals surface area contributed by atoms with Crippen LogP contribution in [0.25, 0.3) is 16.7 Å². The molecule has 0 fully saturated rings. The molecule has 0 radical (unpaired) electrons. The molecule has 0 atom stereocenters. The Labute approximate surface area is 115 Å². The van der Waals surface area contributed by atoms with Gasteiger partial charge < -0.3 is 5.11 Å². The van der Waals surface area contributed by atoms with Crippen LogP contribution in [0.3, 0.4) is 0 Å². The number of fused-ring (bicyclic) bond motifs is 1. The average Bonchev–Trinajstić information content (AvgIpc) is 2.94. The number of aromatic carboxylic acids is 1. The lowest BCUT2D eigenvalue weighted by atomic mass is 10.1. The monoisotopic (exact) mass is 267 g/mol. The van der Waals surface area contributed by atoms with Crippen LogP contribution in [0.2, 0.25) is 0 Å². The summed E-state index contributed by atoms with van der Waals surface area (Å²) in [6, 6.07) is 9.12. The third-order valence-electron chi connectivity index (χ3n) is 3.20. The van der Waals surface area contributed by atoms with Crippen molar-refractivity contribution in [2.75, 3.05) is 0 Å². The van der Waals surface area contributed by atoms with Crippen LogP contribution in [0.15, 0.2) is 42.7 Å². The number of para-hydroxylation sites is 1. The molecule has 0 aliphatic carbocycles. The molecule has 2 aromatic heterocycles. The maximum atomic E-state index is 11.5. The highest BCUT2D eigenvalue weighted by atomic mass is 16.4. The summed E-state index contributed by atoms with van der Waals surface area (Å²) < 4.78 is 1.73. The average molecular weight is 267 g/mol. The van der Waals surface area contributed by atoms with Crippen molar-refractivity contribution in [2.24, 2.45) is 0 Å². The third-order valence-corrected chi connectivity index (χ3v) is 3.20. The van der Waals surface area contributed by atoms with E-state index in [9.17, 15) is 9.90 Å². The number of aryl methyl sites for hydroxylation is 1. The number of benzene rings is 1. The molecule has 0 amide bonds. The lowest BCUT2D eigenvalue weighted by Crippen LogP contribution is -2.10. The molecule has 0 saturated heterocycles. The summed E-state index contributed by atoms with van der Waals surface area (Å²) in [4.78, 5) is 20.2. The zero-order valence-corrected chi connectivity index (χ0v) is 10.9. The van der Waals surface area contributed by atoms with Crippen molar-refractivity contribution < 1.29 is 9.90 Å². The minimum Gasteiger partial charge on any atom is -0.478 e. The first-order valence-corrected chi connectivity index (χ1v) is 6.36. The summed E-state index contributed by atoms with van der Waals surface area (Å²) in [5, 5.41) is 10.2. The largest absolute Gasteiger partial charge is 0.478 e. The van der Waals surface area contributed by atoms with Crippen LogP contribution in [-0.4, -0.2) is 25.6 Å². The fraction of sp³-hybridized carbons (Fsp3) is 0.133. The van der Waals surface area contributed by atoms with Crippen LogP contribution in [0, 0.1) is 0 Å². The molecule has 0 bridgehead atoms. The minimum atomic E-state index is -0.992. The predicted molar refractivity (Wildman–Crippen MR) is 75.2 cm³/mol. The van der Waals surface area contributed by atoms with Gasteiger partial charge in [-0.15, -0.1) is 0 Å². The second-order valence-electron chi connectivity index (χ2n) is 4.42. The van der Waals surface area contributed by atoms with Gasteiger partial charge in [0.05, 0.1) is 5.52 Å². The highest BCUT2D eigenvalue weighted by Gasteiger charge is 2.16. The van der Waals surface area contributed by atoms with E-state index in [-0.39, 0.29) is 5.56 Å². The normalized spacial score (nSPS) is 10.8. The second kappa shape index (κ2) is 4.77. The Bertz CT molecular complexity index is 793. The molecule has 5 nitrogen and oxygen atoms in total. The summed E-state index contributed by atoms with van der Waals surface area (Å²) in [5.74, 6) is 0.204. The molecular weight excluding hydrogens is 254 g/mol. The van der Waals surface area contributed by atoms with Gasteiger partial charge in [-0.3, -0.25) is 4.57 Å². The van der Waals surface area contributed by atoms with E-state index in [1.807, 2.05) is 31.2 Å². The van der Waals surface area contributed by atoms with Crippen LogP contribution in [-0.2, 0) is 6.42 Å². The Morgan fingerprint density at radius 2 is 2.15 bits per heavy atom. The first-order chi connectivity index (χ1) is 9.70. The van der Waals surface area contributed by atoms with E-state index >= 15 is 0 Å². The summed E-state index contributed by atoms with van der Waals surface area (Å²) in [6.45, 7) is 1.97.